The normalized spacial score (nSPS) is 38.8. The molecule has 1 N–H and O–H groups in total. The summed E-state index contributed by atoms with van der Waals surface area (Å²) in [6.45, 7) is 13.6. The van der Waals surface area contributed by atoms with Gasteiger partial charge in [-0.15, -0.1) is 0 Å². The Bertz CT molecular complexity index is 481. The van der Waals surface area contributed by atoms with E-state index >= 15 is 0 Å². The van der Waals surface area contributed by atoms with Crippen LogP contribution >= 0.6 is 0 Å². The van der Waals surface area contributed by atoms with Crippen LogP contribution in [0.1, 0.15) is 85.0 Å². The molecular weight excluding hydrogens is 354 g/mol. The predicted octanol–water partition coefficient (Wildman–Crippen LogP) is 5.01. The lowest BCUT2D eigenvalue weighted by Crippen LogP contribution is -2.59. The Morgan fingerprint density at radius 2 is 1.66 bits per heavy atom. The molecule has 5 aliphatic rings. The van der Waals surface area contributed by atoms with Gasteiger partial charge in [-0.05, 0) is 94.0 Å². The number of hydrogen-bond donors (Lipinski definition) is 1. The first-order chi connectivity index (χ1) is 14.0. The van der Waals surface area contributed by atoms with E-state index in [4.69, 9.17) is 0 Å². The summed E-state index contributed by atoms with van der Waals surface area (Å²) in [4.78, 5) is 5.74. The summed E-state index contributed by atoms with van der Waals surface area (Å²) in [5.41, 5.74) is 0.739. The summed E-state index contributed by atoms with van der Waals surface area (Å²) in [6.07, 6.45) is 15.0. The number of rotatable bonds is 10. The first-order valence-corrected chi connectivity index (χ1v) is 13.1. The molecule has 1 saturated heterocycles. The Kier molecular flexibility index (Phi) is 7.29. The molecule has 0 spiro atoms. The van der Waals surface area contributed by atoms with Gasteiger partial charge >= 0.3 is 0 Å². The van der Waals surface area contributed by atoms with Crippen LogP contribution in [0.25, 0.3) is 0 Å². The van der Waals surface area contributed by atoms with Crippen molar-refractivity contribution in [2.75, 3.05) is 39.8 Å². The number of nitrogens with one attached hydrogen (secondary N) is 1. The van der Waals surface area contributed by atoms with Crippen LogP contribution in [0.15, 0.2) is 0 Å². The van der Waals surface area contributed by atoms with Crippen molar-refractivity contribution in [3.05, 3.63) is 0 Å². The average molecular weight is 404 g/mol. The number of likely N-dealkylation sites (N-methyl/N-ethyl adjacent to an activating group) is 1. The van der Waals surface area contributed by atoms with E-state index in [2.05, 4.69) is 42.9 Å². The highest BCUT2D eigenvalue weighted by atomic mass is 15.3. The minimum atomic E-state index is 0.728. The zero-order valence-corrected chi connectivity index (χ0v) is 20.0. The number of nitrogens with zero attached hydrogens (tertiary/aromatic N) is 2. The highest BCUT2D eigenvalue weighted by Crippen LogP contribution is 2.61. The second-order valence-corrected chi connectivity index (χ2v) is 11.9. The molecule has 0 aromatic carbocycles. The molecule has 0 aromatic heterocycles. The SMILES string of the molecule is CCCC[C@@H](CNC)N1CCN(CCC23CC4CC(CC(C4)C2)C3)[C@H](C(C)C)C1. The Hall–Kier alpha value is -0.120. The first-order valence-electron chi connectivity index (χ1n) is 13.1. The van der Waals surface area contributed by atoms with Crippen LogP contribution in [0.4, 0.5) is 0 Å². The Labute approximate surface area is 181 Å². The van der Waals surface area contributed by atoms with Crippen molar-refractivity contribution in [2.45, 2.75) is 97.1 Å². The van der Waals surface area contributed by atoms with E-state index < -0.39 is 0 Å². The standard InChI is InChI=1S/C26H49N3/c1-5-6-7-24(18-27-4)29-11-10-28(25(19-29)20(2)3)9-8-26-15-21-12-22(16-26)14-23(13-21)17-26/h20-25,27H,5-19H2,1-4H3/t21?,22?,23?,24-,25-,26?/m0/s1. The molecule has 3 heteroatoms. The molecule has 4 aliphatic carbocycles. The van der Waals surface area contributed by atoms with Crippen LogP contribution in [0.2, 0.25) is 0 Å². The summed E-state index contributed by atoms with van der Waals surface area (Å²) >= 11 is 0. The fourth-order valence-electron chi connectivity index (χ4n) is 8.18. The summed E-state index contributed by atoms with van der Waals surface area (Å²) in [6, 6.07) is 1.48. The third-order valence-corrected chi connectivity index (χ3v) is 9.28. The number of unbranched alkanes of at least 4 members (excludes halogenated alkanes) is 1. The molecule has 4 bridgehead atoms. The molecule has 0 radical (unpaired) electrons. The van der Waals surface area contributed by atoms with Gasteiger partial charge in [0.1, 0.15) is 0 Å². The van der Waals surface area contributed by atoms with Crippen LogP contribution in [-0.2, 0) is 0 Å². The van der Waals surface area contributed by atoms with E-state index in [0.29, 0.717) is 0 Å². The van der Waals surface area contributed by atoms with Gasteiger partial charge in [0.05, 0.1) is 0 Å². The van der Waals surface area contributed by atoms with Crippen LogP contribution in [0.5, 0.6) is 0 Å². The molecule has 5 fully saturated rings. The summed E-state index contributed by atoms with van der Waals surface area (Å²) in [7, 11) is 2.13. The Morgan fingerprint density at radius 3 is 2.21 bits per heavy atom. The van der Waals surface area contributed by atoms with E-state index in [1.54, 1.807) is 38.5 Å². The van der Waals surface area contributed by atoms with Gasteiger partial charge in [0.25, 0.3) is 0 Å². The molecule has 3 nitrogen and oxygen atoms in total. The van der Waals surface area contributed by atoms with Crippen molar-refractivity contribution in [3.8, 4) is 0 Å². The van der Waals surface area contributed by atoms with Crippen molar-refractivity contribution in [1.29, 1.82) is 0 Å². The highest BCUT2D eigenvalue weighted by Gasteiger charge is 2.50. The van der Waals surface area contributed by atoms with E-state index in [-0.39, 0.29) is 0 Å². The maximum atomic E-state index is 3.47. The van der Waals surface area contributed by atoms with Crippen LogP contribution in [0, 0.1) is 29.1 Å². The molecule has 29 heavy (non-hydrogen) atoms. The molecule has 0 unspecified atom stereocenters. The predicted molar refractivity (Wildman–Crippen MR) is 124 cm³/mol. The highest BCUT2D eigenvalue weighted by molar-refractivity contribution is 5.02. The van der Waals surface area contributed by atoms with Crippen molar-refractivity contribution < 1.29 is 0 Å². The van der Waals surface area contributed by atoms with Crippen molar-refractivity contribution in [3.63, 3.8) is 0 Å². The molecule has 1 aliphatic heterocycles. The smallest absolute Gasteiger partial charge is 0.0246 e. The zero-order chi connectivity index (χ0) is 20.4. The van der Waals surface area contributed by atoms with Gasteiger partial charge in [-0.3, -0.25) is 9.80 Å². The second-order valence-electron chi connectivity index (χ2n) is 11.9. The van der Waals surface area contributed by atoms with Gasteiger partial charge in [0.15, 0.2) is 0 Å². The molecule has 1 heterocycles. The first kappa shape index (κ1) is 22.1. The largest absolute Gasteiger partial charge is 0.318 e. The molecular formula is C26H49N3. The van der Waals surface area contributed by atoms with Crippen molar-refractivity contribution >= 4 is 0 Å². The third kappa shape index (κ3) is 5.04. The van der Waals surface area contributed by atoms with Crippen LogP contribution < -0.4 is 5.32 Å². The van der Waals surface area contributed by atoms with Gasteiger partial charge in [-0.2, -0.15) is 0 Å². The van der Waals surface area contributed by atoms with Gasteiger partial charge < -0.3 is 5.32 Å². The van der Waals surface area contributed by atoms with Crippen LogP contribution in [-0.4, -0.2) is 61.7 Å². The lowest BCUT2D eigenvalue weighted by molar-refractivity contribution is -0.0674. The molecule has 0 aromatic rings. The Balaban J connectivity index is 1.35. The van der Waals surface area contributed by atoms with E-state index in [0.717, 1.165) is 47.7 Å². The number of piperazine rings is 1. The molecule has 5 rings (SSSR count). The quantitative estimate of drug-likeness (QED) is 0.553. The zero-order valence-electron chi connectivity index (χ0n) is 20.0. The van der Waals surface area contributed by atoms with Gasteiger partial charge in [0.2, 0.25) is 0 Å². The summed E-state index contributed by atoms with van der Waals surface area (Å²) in [5, 5.41) is 3.47. The van der Waals surface area contributed by atoms with Crippen LogP contribution in [0.3, 0.4) is 0 Å². The maximum absolute atomic E-state index is 3.47. The monoisotopic (exact) mass is 403 g/mol. The average Bonchev–Trinajstić information content (AvgIpc) is 2.68. The molecule has 168 valence electrons. The lowest BCUT2D eigenvalue weighted by Gasteiger charge is -2.57. The fourth-order valence-corrected chi connectivity index (χ4v) is 8.18. The van der Waals surface area contributed by atoms with Gasteiger partial charge in [-0.25, -0.2) is 0 Å². The van der Waals surface area contributed by atoms with E-state index in [1.807, 2.05) is 0 Å². The van der Waals surface area contributed by atoms with Crippen molar-refractivity contribution in [1.82, 2.24) is 15.1 Å². The Morgan fingerprint density at radius 1 is 1.00 bits per heavy atom. The topological polar surface area (TPSA) is 18.5 Å². The van der Waals surface area contributed by atoms with Gasteiger partial charge in [-0.1, -0.05) is 33.6 Å². The molecule has 0 amide bonds. The molecule has 2 atom stereocenters. The lowest BCUT2D eigenvalue weighted by atomic mass is 9.49. The fraction of sp³-hybridized carbons (Fsp3) is 1.00. The maximum Gasteiger partial charge on any atom is 0.0246 e. The minimum Gasteiger partial charge on any atom is -0.318 e. The van der Waals surface area contributed by atoms with E-state index in [1.165, 1.54) is 51.9 Å². The van der Waals surface area contributed by atoms with E-state index in [9.17, 15) is 0 Å². The van der Waals surface area contributed by atoms with Crippen molar-refractivity contribution in [2.24, 2.45) is 29.1 Å². The van der Waals surface area contributed by atoms with Gasteiger partial charge in [0, 0.05) is 38.3 Å². The second kappa shape index (κ2) is 9.57. The molecule has 4 saturated carbocycles. The number of hydrogen-bond acceptors (Lipinski definition) is 3. The summed E-state index contributed by atoms with van der Waals surface area (Å²) < 4.78 is 0. The summed E-state index contributed by atoms with van der Waals surface area (Å²) in [5.74, 6) is 4.05. The third-order valence-electron chi connectivity index (χ3n) is 9.28. The minimum absolute atomic E-state index is 0.728.